The molecule has 1 atom stereocenters. The molecular weight excluding hydrogens is 398 g/mol. The Bertz CT molecular complexity index is 763. The molecule has 9 heteroatoms. The van der Waals surface area contributed by atoms with Crippen LogP contribution in [0.25, 0.3) is 0 Å². The summed E-state index contributed by atoms with van der Waals surface area (Å²) in [6.45, 7) is 8.99. The molecule has 2 aromatic rings. The Kier molecular flexibility index (Phi) is 16.3. The van der Waals surface area contributed by atoms with Crippen LogP contribution in [0.1, 0.15) is 36.4 Å². The van der Waals surface area contributed by atoms with E-state index in [9.17, 15) is 9.90 Å². The van der Waals surface area contributed by atoms with E-state index >= 15 is 0 Å². The van der Waals surface area contributed by atoms with Gasteiger partial charge in [-0.05, 0) is 56.9 Å². The van der Waals surface area contributed by atoms with Crippen LogP contribution >= 0.6 is 0 Å². The summed E-state index contributed by atoms with van der Waals surface area (Å²) in [5.74, 6) is 0.553. The van der Waals surface area contributed by atoms with E-state index in [0.717, 1.165) is 41.9 Å². The summed E-state index contributed by atoms with van der Waals surface area (Å²) in [5, 5.41) is 12.7. The highest BCUT2D eigenvalue weighted by Crippen LogP contribution is 2.13. The van der Waals surface area contributed by atoms with Crippen LogP contribution < -0.4 is 16.8 Å². The van der Waals surface area contributed by atoms with Gasteiger partial charge in [-0.15, -0.1) is 0 Å². The van der Waals surface area contributed by atoms with E-state index in [0.29, 0.717) is 11.7 Å². The van der Waals surface area contributed by atoms with E-state index in [1.165, 1.54) is 7.11 Å². The first-order valence-electron chi connectivity index (χ1n) is 9.44. The van der Waals surface area contributed by atoms with Gasteiger partial charge >= 0.3 is 5.97 Å². The van der Waals surface area contributed by atoms with Crippen molar-refractivity contribution < 1.29 is 19.4 Å². The van der Waals surface area contributed by atoms with Crippen LogP contribution in [0, 0.1) is 20.8 Å². The number of carbonyl (C=O) groups excluding carboxylic acids is 2. The number of benzene rings is 1. The first kappa shape index (κ1) is 30.2. The van der Waals surface area contributed by atoms with Crippen molar-refractivity contribution in [2.45, 2.75) is 47.1 Å². The number of aromatic hydroxyl groups is 1. The fourth-order valence-corrected chi connectivity index (χ4v) is 2.30. The largest absolute Gasteiger partial charge is 0.508 e. The van der Waals surface area contributed by atoms with Gasteiger partial charge in [0, 0.05) is 24.5 Å². The minimum Gasteiger partial charge on any atom is -0.508 e. The molecule has 0 saturated heterocycles. The maximum Gasteiger partial charge on any atom is 0.323 e. The molecule has 2 rings (SSSR count). The van der Waals surface area contributed by atoms with E-state index < -0.39 is 12.0 Å². The molecule has 0 saturated carbocycles. The molecule has 0 aliphatic carbocycles. The van der Waals surface area contributed by atoms with Crippen molar-refractivity contribution in [1.82, 2.24) is 9.97 Å². The number of phenolic OH excluding ortho intramolecular Hbond substituents is 1. The molecule has 0 spiro atoms. The number of carbonyl (C=O) groups is 2. The standard InChI is InChI=1S/C16H21N3O.C4H10N2O2.CH2O.CH4/c1-11-12(2)18-16(19-13(11)3)17-9-5-7-14-6-4-8-15(20)10-14;1-8-4(7)3(6)2-5;1-2;/h4,6,8,10,20H,5,7,9H2,1-3H3,(H,17,18,19);3H,2,5-6H2,1H3;1H2;1H4. The molecule has 0 amide bonds. The number of rotatable bonds is 7. The van der Waals surface area contributed by atoms with Gasteiger partial charge in [0.05, 0.1) is 7.11 Å². The molecule has 1 aromatic carbocycles. The normalized spacial score (nSPS) is 10.3. The van der Waals surface area contributed by atoms with Crippen LogP contribution in [0.15, 0.2) is 24.3 Å². The number of aryl methyl sites for hydroxylation is 3. The zero-order valence-electron chi connectivity index (χ0n) is 18.1. The number of ether oxygens (including phenoxy) is 1. The maximum absolute atomic E-state index is 10.3. The number of hydrogen-bond acceptors (Lipinski definition) is 9. The molecule has 174 valence electrons. The zero-order valence-corrected chi connectivity index (χ0v) is 18.1. The fraction of sp³-hybridized carbons (Fsp3) is 0.455. The zero-order chi connectivity index (χ0) is 23.1. The molecule has 1 unspecified atom stereocenters. The Hall–Kier alpha value is -3.04. The van der Waals surface area contributed by atoms with Crippen LogP contribution in [-0.2, 0) is 20.7 Å². The van der Waals surface area contributed by atoms with E-state index in [2.05, 4.69) is 20.0 Å². The van der Waals surface area contributed by atoms with Crippen molar-refractivity contribution in [2.75, 3.05) is 25.5 Å². The van der Waals surface area contributed by atoms with Gasteiger partial charge in [-0.3, -0.25) is 4.79 Å². The monoisotopic (exact) mass is 435 g/mol. The van der Waals surface area contributed by atoms with Crippen molar-refractivity contribution in [3.05, 3.63) is 46.8 Å². The predicted octanol–water partition coefficient (Wildman–Crippen LogP) is 2.05. The first-order chi connectivity index (χ1) is 14.3. The molecule has 0 fully saturated rings. The molecule has 1 aromatic heterocycles. The van der Waals surface area contributed by atoms with Gasteiger partial charge in [-0.2, -0.15) is 0 Å². The Labute approximate surface area is 185 Å². The number of anilines is 1. The highest BCUT2D eigenvalue weighted by molar-refractivity contribution is 5.75. The third kappa shape index (κ3) is 11.7. The number of methoxy groups -OCH3 is 1. The van der Waals surface area contributed by atoms with Crippen molar-refractivity contribution in [1.29, 1.82) is 0 Å². The van der Waals surface area contributed by atoms with E-state index in [4.69, 9.17) is 16.3 Å². The van der Waals surface area contributed by atoms with Crippen molar-refractivity contribution in [3.8, 4) is 5.75 Å². The lowest BCUT2D eigenvalue weighted by atomic mass is 10.1. The molecular formula is C22H37N5O4. The van der Waals surface area contributed by atoms with Crippen LogP contribution in [0.5, 0.6) is 5.75 Å². The van der Waals surface area contributed by atoms with Gasteiger partial charge < -0.3 is 31.4 Å². The summed E-state index contributed by atoms with van der Waals surface area (Å²) in [6, 6.07) is 6.72. The third-order valence-electron chi connectivity index (χ3n) is 4.23. The second-order valence-electron chi connectivity index (χ2n) is 6.41. The molecule has 6 N–H and O–H groups in total. The Morgan fingerprint density at radius 3 is 2.26 bits per heavy atom. The Morgan fingerprint density at radius 2 is 1.81 bits per heavy atom. The average Bonchev–Trinajstić information content (AvgIpc) is 2.75. The minimum absolute atomic E-state index is 0. The lowest BCUT2D eigenvalue weighted by Crippen LogP contribution is -2.38. The second-order valence-corrected chi connectivity index (χ2v) is 6.41. The Morgan fingerprint density at radius 1 is 1.23 bits per heavy atom. The summed E-state index contributed by atoms with van der Waals surface area (Å²) in [7, 11) is 1.28. The van der Waals surface area contributed by atoms with Gasteiger partial charge in [-0.25, -0.2) is 9.97 Å². The second kappa shape index (κ2) is 16.7. The smallest absolute Gasteiger partial charge is 0.323 e. The molecule has 0 radical (unpaired) electrons. The maximum atomic E-state index is 10.3. The van der Waals surface area contributed by atoms with Crippen molar-refractivity contribution >= 4 is 18.7 Å². The fourth-order valence-electron chi connectivity index (χ4n) is 2.30. The van der Waals surface area contributed by atoms with Crippen LogP contribution in [0.4, 0.5) is 5.95 Å². The lowest BCUT2D eigenvalue weighted by Gasteiger charge is -2.09. The van der Waals surface area contributed by atoms with Gasteiger partial charge in [-0.1, -0.05) is 19.6 Å². The van der Waals surface area contributed by atoms with Gasteiger partial charge in [0.25, 0.3) is 0 Å². The molecule has 0 bridgehead atoms. The van der Waals surface area contributed by atoms with Gasteiger partial charge in [0.1, 0.15) is 18.6 Å². The highest BCUT2D eigenvalue weighted by Gasteiger charge is 2.09. The number of aromatic nitrogens is 2. The number of nitrogens with zero attached hydrogens (tertiary/aromatic N) is 2. The summed E-state index contributed by atoms with van der Waals surface area (Å²) in [5.41, 5.74) is 14.5. The third-order valence-corrected chi connectivity index (χ3v) is 4.23. The van der Waals surface area contributed by atoms with E-state index in [1.807, 2.05) is 39.7 Å². The van der Waals surface area contributed by atoms with E-state index in [-0.39, 0.29) is 14.0 Å². The lowest BCUT2D eigenvalue weighted by molar-refractivity contribution is -0.141. The minimum atomic E-state index is -0.667. The first-order valence-corrected chi connectivity index (χ1v) is 9.44. The Balaban J connectivity index is 0. The summed E-state index contributed by atoms with van der Waals surface area (Å²) >= 11 is 0. The number of nitrogens with one attached hydrogen (secondary N) is 1. The molecule has 1 heterocycles. The van der Waals surface area contributed by atoms with Crippen LogP contribution in [0.3, 0.4) is 0 Å². The van der Waals surface area contributed by atoms with Gasteiger partial charge in [0.15, 0.2) is 0 Å². The summed E-state index contributed by atoms with van der Waals surface area (Å²) in [4.78, 5) is 27.2. The van der Waals surface area contributed by atoms with Crippen LogP contribution in [0.2, 0.25) is 0 Å². The van der Waals surface area contributed by atoms with E-state index in [1.54, 1.807) is 12.1 Å². The average molecular weight is 436 g/mol. The molecule has 9 nitrogen and oxygen atoms in total. The number of hydrogen-bond donors (Lipinski definition) is 4. The topological polar surface area (TPSA) is 153 Å². The number of nitrogens with two attached hydrogens (primary N) is 2. The van der Waals surface area contributed by atoms with Crippen molar-refractivity contribution in [2.24, 2.45) is 11.5 Å². The molecule has 0 aliphatic rings. The van der Waals surface area contributed by atoms with Gasteiger partial charge in [0.2, 0.25) is 5.95 Å². The quantitative estimate of drug-likeness (QED) is 0.378. The molecule has 31 heavy (non-hydrogen) atoms. The number of esters is 1. The SMILES string of the molecule is C.C=O.COC(=O)C(N)CN.Cc1nc(NCCCc2cccc(O)c2)nc(C)c1C. The van der Waals surface area contributed by atoms with Crippen molar-refractivity contribution in [3.63, 3.8) is 0 Å². The summed E-state index contributed by atoms with van der Waals surface area (Å²) < 4.78 is 4.26. The predicted molar refractivity (Wildman–Crippen MR) is 124 cm³/mol. The molecule has 0 aliphatic heterocycles. The van der Waals surface area contributed by atoms with Crippen LogP contribution in [-0.4, -0.2) is 54.1 Å². The summed E-state index contributed by atoms with van der Waals surface area (Å²) in [6.07, 6.45) is 1.89. The number of phenols is 1. The highest BCUT2D eigenvalue weighted by atomic mass is 16.5.